The van der Waals surface area contributed by atoms with Gasteiger partial charge >= 0.3 is 60.5 Å². The largest absolute Gasteiger partial charge is 1.00 e. The fraction of sp³-hybridized carbons (Fsp3) is 1.00. The Hall–Kier alpha value is 1.90. The van der Waals surface area contributed by atoms with Crippen LogP contribution in [0.4, 0.5) is 0 Å². The molecule has 58 valence electrons. The number of hydrogen-bond donors (Lipinski definition) is 1. The summed E-state index contributed by atoms with van der Waals surface area (Å²) in [4.78, 5) is 0. The minimum Gasteiger partial charge on any atom is -1.00 e. The topological polar surface area (TPSA) is 54.4 Å². The standard InChI is InChI=1S/C4H10O3S2.K.H/c1-2-3-4-8-9(5,6)7;;/h2-4H2,1H3,(H,5,6,7);;/q;+1;-1. The second-order valence-electron chi connectivity index (χ2n) is 1.60. The monoisotopic (exact) mass is 210 g/mol. The molecule has 1 N–H and O–H groups in total. The van der Waals surface area contributed by atoms with E-state index < -0.39 is 9.15 Å². The van der Waals surface area contributed by atoms with Crippen LogP contribution in [0.25, 0.3) is 0 Å². The molecule has 0 fully saturated rings. The van der Waals surface area contributed by atoms with Crippen molar-refractivity contribution in [3.8, 4) is 0 Å². The zero-order valence-electron chi connectivity index (χ0n) is 7.20. The zero-order valence-corrected chi connectivity index (χ0v) is 11.0. The van der Waals surface area contributed by atoms with Crippen molar-refractivity contribution < 1.29 is 65.8 Å². The molecule has 0 atom stereocenters. The average Bonchev–Trinajstić information content (AvgIpc) is 1.63. The first-order valence-corrected chi connectivity index (χ1v) is 5.62. The van der Waals surface area contributed by atoms with Crippen molar-refractivity contribution in [3.05, 3.63) is 0 Å². The van der Waals surface area contributed by atoms with Gasteiger partial charge in [0.25, 0.3) is 0 Å². The third-order valence-electron chi connectivity index (χ3n) is 0.730. The van der Waals surface area contributed by atoms with Crippen molar-refractivity contribution in [2.24, 2.45) is 0 Å². The Morgan fingerprint density at radius 3 is 2.40 bits per heavy atom. The average molecular weight is 210 g/mol. The van der Waals surface area contributed by atoms with E-state index in [0.717, 1.165) is 12.8 Å². The number of rotatable bonds is 4. The summed E-state index contributed by atoms with van der Waals surface area (Å²) in [5.74, 6) is 0.481. The molecule has 0 rings (SSSR count). The molecule has 0 amide bonds. The molecule has 0 unspecified atom stereocenters. The van der Waals surface area contributed by atoms with Gasteiger partial charge in [-0.2, -0.15) is 8.42 Å². The smallest absolute Gasteiger partial charge is 1.00 e. The maximum absolute atomic E-state index is 10.0. The summed E-state index contributed by atoms with van der Waals surface area (Å²) in [7, 11) is -3.19. The van der Waals surface area contributed by atoms with Crippen LogP contribution in [0.1, 0.15) is 21.2 Å². The van der Waals surface area contributed by atoms with Crippen LogP contribution in [-0.2, 0) is 9.15 Å². The molecule has 0 saturated carbocycles. The van der Waals surface area contributed by atoms with Crippen LogP contribution in [0, 0.1) is 0 Å². The van der Waals surface area contributed by atoms with E-state index in [-0.39, 0.29) is 52.8 Å². The minimum absolute atomic E-state index is 0. The number of hydrogen-bond acceptors (Lipinski definition) is 3. The summed E-state index contributed by atoms with van der Waals surface area (Å²) in [5, 5.41) is 0. The van der Waals surface area contributed by atoms with E-state index in [9.17, 15) is 8.42 Å². The second-order valence-corrected chi connectivity index (χ2v) is 5.07. The summed E-state index contributed by atoms with van der Waals surface area (Å²) in [6, 6.07) is 0. The van der Waals surface area contributed by atoms with Crippen molar-refractivity contribution in [2.75, 3.05) is 5.75 Å². The first-order chi connectivity index (χ1) is 4.06. The fourth-order valence-corrected chi connectivity index (χ4v) is 1.91. The van der Waals surface area contributed by atoms with Gasteiger partial charge in [-0.3, -0.25) is 4.55 Å². The first kappa shape index (κ1) is 14.4. The minimum atomic E-state index is -3.78. The molecular formula is C4H11KO3S2. The molecule has 0 saturated heterocycles. The van der Waals surface area contributed by atoms with Gasteiger partial charge in [-0.05, 0) is 17.2 Å². The van der Waals surface area contributed by atoms with Crippen LogP contribution in [0.5, 0.6) is 0 Å². The molecule has 0 aromatic carbocycles. The molecule has 6 heteroatoms. The maximum Gasteiger partial charge on any atom is 1.00 e. The van der Waals surface area contributed by atoms with Crippen molar-refractivity contribution in [1.82, 2.24) is 0 Å². The van der Waals surface area contributed by atoms with Crippen LogP contribution in [0.3, 0.4) is 0 Å². The molecule has 10 heavy (non-hydrogen) atoms. The Kier molecular flexibility index (Phi) is 10.9. The van der Waals surface area contributed by atoms with Gasteiger partial charge in [0.2, 0.25) is 0 Å². The van der Waals surface area contributed by atoms with Crippen LogP contribution in [0.15, 0.2) is 0 Å². The Bertz CT molecular complexity index is 159. The normalized spacial score (nSPS) is 10.6. The Morgan fingerprint density at radius 1 is 1.60 bits per heavy atom. The Labute approximate surface area is 109 Å². The molecule has 0 heterocycles. The summed E-state index contributed by atoms with van der Waals surface area (Å²) < 4.78 is 28.2. The van der Waals surface area contributed by atoms with E-state index in [1.807, 2.05) is 6.92 Å². The van der Waals surface area contributed by atoms with E-state index in [1.54, 1.807) is 0 Å². The molecule has 0 radical (unpaired) electrons. The predicted molar refractivity (Wildman–Crippen MR) is 40.0 cm³/mol. The quantitative estimate of drug-likeness (QED) is 0.264. The Morgan fingerprint density at radius 2 is 2.10 bits per heavy atom. The van der Waals surface area contributed by atoms with Crippen LogP contribution < -0.4 is 51.4 Å². The van der Waals surface area contributed by atoms with Gasteiger partial charge in [0.05, 0.1) is 0 Å². The third-order valence-corrected chi connectivity index (χ3v) is 2.88. The van der Waals surface area contributed by atoms with Crippen LogP contribution >= 0.6 is 10.8 Å². The van der Waals surface area contributed by atoms with Crippen molar-refractivity contribution >= 4 is 19.9 Å². The number of unbranched alkanes of at least 4 members (excludes halogenated alkanes) is 1. The van der Waals surface area contributed by atoms with Gasteiger partial charge in [0.15, 0.2) is 0 Å². The van der Waals surface area contributed by atoms with Gasteiger partial charge < -0.3 is 1.43 Å². The molecule has 3 nitrogen and oxygen atoms in total. The molecule has 0 spiro atoms. The SMILES string of the molecule is CCCCSS(=O)(=O)O.[H-].[K+]. The second kappa shape index (κ2) is 7.54. The summed E-state index contributed by atoms with van der Waals surface area (Å²) in [6.45, 7) is 1.96. The Balaban J connectivity index is -0.000000320. The van der Waals surface area contributed by atoms with Crippen LogP contribution in [-0.4, -0.2) is 18.7 Å². The molecule has 0 aliphatic carbocycles. The van der Waals surface area contributed by atoms with E-state index >= 15 is 0 Å². The van der Waals surface area contributed by atoms with Gasteiger partial charge in [-0.1, -0.05) is 13.3 Å². The fourth-order valence-electron chi connectivity index (χ4n) is 0.309. The van der Waals surface area contributed by atoms with E-state index in [0.29, 0.717) is 16.5 Å². The van der Waals surface area contributed by atoms with Gasteiger partial charge in [0, 0.05) is 5.75 Å². The molecule has 0 aromatic heterocycles. The zero-order chi connectivity index (χ0) is 7.33. The molecule has 0 aliphatic rings. The predicted octanol–water partition coefficient (Wildman–Crippen LogP) is -1.56. The maximum atomic E-state index is 10.0. The molecule has 0 aromatic rings. The van der Waals surface area contributed by atoms with Gasteiger partial charge in [-0.25, -0.2) is 0 Å². The summed E-state index contributed by atoms with van der Waals surface area (Å²) >= 11 is 0. The molecular weight excluding hydrogens is 199 g/mol. The van der Waals surface area contributed by atoms with Crippen molar-refractivity contribution in [3.63, 3.8) is 0 Å². The van der Waals surface area contributed by atoms with E-state index in [1.165, 1.54) is 0 Å². The van der Waals surface area contributed by atoms with Gasteiger partial charge in [-0.15, -0.1) is 0 Å². The molecule has 0 bridgehead atoms. The van der Waals surface area contributed by atoms with Gasteiger partial charge in [0.1, 0.15) is 0 Å². The van der Waals surface area contributed by atoms with E-state index in [4.69, 9.17) is 4.55 Å². The third kappa shape index (κ3) is 12.6. The van der Waals surface area contributed by atoms with Crippen LogP contribution in [0.2, 0.25) is 0 Å². The van der Waals surface area contributed by atoms with E-state index in [2.05, 4.69) is 0 Å². The summed E-state index contributed by atoms with van der Waals surface area (Å²) in [6.07, 6.45) is 1.77. The summed E-state index contributed by atoms with van der Waals surface area (Å²) in [5.41, 5.74) is 0. The molecule has 0 aliphatic heterocycles. The van der Waals surface area contributed by atoms with Crippen molar-refractivity contribution in [2.45, 2.75) is 19.8 Å². The van der Waals surface area contributed by atoms with Crippen molar-refractivity contribution in [1.29, 1.82) is 0 Å². The first-order valence-electron chi connectivity index (χ1n) is 2.68.